The summed E-state index contributed by atoms with van der Waals surface area (Å²) in [5.41, 5.74) is 2.08. The summed E-state index contributed by atoms with van der Waals surface area (Å²) in [5, 5.41) is 9.21. The van der Waals surface area contributed by atoms with E-state index in [1.165, 1.54) is 0 Å². The lowest BCUT2D eigenvalue weighted by Crippen LogP contribution is -2.17. The van der Waals surface area contributed by atoms with Gasteiger partial charge in [-0.15, -0.1) is 0 Å². The van der Waals surface area contributed by atoms with Gasteiger partial charge in [0, 0.05) is 6.61 Å². The Labute approximate surface area is 109 Å². The first-order valence-corrected chi connectivity index (χ1v) is 8.17. The van der Waals surface area contributed by atoms with Crippen LogP contribution in [0.25, 0.3) is 0 Å². The summed E-state index contributed by atoms with van der Waals surface area (Å²) in [5.74, 6) is 0.538. The van der Waals surface area contributed by atoms with Gasteiger partial charge < -0.3 is 5.11 Å². The van der Waals surface area contributed by atoms with Gasteiger partial charge in [0.1, 0.15) is 0 Å². The number of hydrogen-bond donors (Lipinski definition) is 1. The normalized spacial score (nSPS) is 19.2. The molecule has 0 saturated carbocycles. The molecule has 1 aromatic carbocycles. The molecule has 3 nitrogen and oxygen atoms in total. The monoisotopic (exact) mass is 268 g/mol. The molecule has 1 aliphatic heterocycles. The number of fused-ring (bicyclic) bond motifs is 1. The summed E-state index contributed by atoms with van der Waals surface area (Å²) in [7, 11) is -3.05. The molecule has 100 valence electrons. The summed E-state index contributed by atoms with van der Waals surface area (Å²) < 4.78 is 23.8. The summed E-state index contributed by atoms with van der Waals surface area (Å²) >= 11 is 0. The summed E-state index contributed by atoms with van der Waals surface area (Å²) in [6, 6.07) is 5.63. The topological polar surface area (TPSA) is 54.4 Å². The van der Waals surface area contributed by atoms with Gasteiger partial charge in [-0.25, -0.2) is 8.42 Å². The van der Waals surface area contributed by atoms with Crippen LogP contribution in [0.2, 0.25) is 0 Å². The van der Waals surface area contributed by atoms with Crippen molar-refractivity contribution in [3.05, 3.63) is 29.3 Å². The molecule has 0 fully saturated rings. The Bertz CT molecular complexity index is 516. The third-order valence-electron chi connectivity index (χ3n) is 3.68. The van der Waals surface area contributed by atoms with Gasteiger partial charge >= 0.3 is 0 Å². The van der Waals surface area contributed by atoms with E-state index in [9.17, 15) is 13.5 Å². The quantitative estimate of drug-likeness (QED) is 0.908. The van der Waals surface area contributed by atoms with E-state index in [0.717, 1.165) is 36.8 Å². The Morgan fingerprint density at radius 1 is 1.39 bits per heavy atom. The number of aryl methyl sites for hydroxylation is 1. The van der Waals surface area contributed by atoms with E-state index < -0.39 is 9.84 Å². The number of sulfone groups is 1. The predicted octanol–water partition coefficient (Wildman–Crippen LogP) is 1.97. The first-order chi connectivity index (χ1) is 8.56. The van der Waals surface area contributed by atoms with E-state index in [1.807, 2.05) is 12.1 Å². The molecular formula is C14H20O3S. The van der Waals surface area contributed by atoms with Crippen molar-refractivity contribution in [3.8, 4) is 0 Å². The fourth-order valence-corrected chi connectivity index (χ4v) is 4.07. The molecule has 1 aromatic rings. The van der Waals surface area contributed by atoms with Crippen molar-refractivity contribution < 1.29 is 13.5 Å². The minimum absolute atomic E-state index is 0.186. The molecule has 0 bridgehead atoms. The molecule has 1 unspecified atom stereocenters. The van der Waals surface area contributed by atoms with Gasteiger partial charge in [0.25, 0.3) is 0 Å². The minimum atomic E-state index is -3.05. The fourth-order valence-electron chi connectivity index (χ4n) is 2.49. The Kier molecular flexibility index (Phi) is 4.07. The largest absolute Gasteiger partial charge is 0.396 e. The molecule has 0 aliphatic carbocycles. The maximum absolute atomic E-state index is 11.9. The molecule has 0 radical (unpaired) electrons. The van der Waals surface area contributed by atoms with Gasteiger partial charge in [-0.3, -0.25) is 0 Å². The van der Waals surface area contributed by atoms with Crippen LogP contribution in [0.15, 0.2) is 23.1 Å². The van der Waals surface area contributed by atoms with Gasteiger partial charge in [-0.1, -0.05) is 25.5 Å². The SMILES string of the molecule is CCC(CO)Cc1ccc2c(c1)CCCS2(=O)=O. The molecule has 1 N–H and O–H groups in total. The average Bonchev–Trinajstić information content (AvgIpc) is 2.35. The highest BCUT2D eigenvalue weighted by atomic mass is 32.2. The molecular weight excluding hydrogens is 248 g/mol. The Morgan fingerprint density at radius 3 is 2.83 bits per heavy atom. The van der Waals surface area contributed by atoms with Crippen LogP contribution in [0.3, 0.4) is 0 Å². The maximum Gasteiger partial charge on any atom is 0.178 e. The van der Waals surface area contributed by atoms with Crippen molar-refractivity contribution in [1.29, 1.82) is 0 Å². The van der Waals surface area contributed by atoms with E-state index in [2.05, 4.69) is 6.92 Å². The summed E-state index contributed by atoms with van der Waals surface area (Å²) in [6.07, 6.45) is 3.32. The second-order valence-corrected chi connectivity index (χ2v) is 7.10. The predicted molar refractivity (Wildman–Crippen MR) is 71.4 cm³/mol. The van der Waals surface area contributed by atoms with Crippen LogP contribution in [0, 0.1) is 5.92 Å². The number of rotatable bonds is 4. The summed E-state index contributed by atoms with van der Waals surface area (Å²) in [4.78, 5) is 0.509. The lowest BCUT2D eigenvalue weighted by atomic mass is 9.96. The van der Waals surface area contributed by atoms with Gasteiger partial charge in [-0.05, 0) is 42.4 Å². The van der Waals surface area contributed by atoms with Crippen LogP contribution in [-0.4, -0.2) is 25.9 Å². The molecule has 0 aromatic heterocycles. The number of aliphatic hydroxyl groups is 1. The molecule has 18 heavy (non-hydrogen) atoms. The molecule has 0 saturated heterocycles. The second kappa shape index (κ2) is 5.41. The van der Waals surface area contributed by atoms with E-state index in [4.69, 9.17) is 0 Å². The number of aliphatic hydroxyl groups excluding tert-OH is 1. The fraction of sp³-hybridized carbons (Fsp3) is 0.571. The zero-order valence-electron chi connectivity index (χ0n) is 10.7. The smallest absolute Gasteiger partial charge is 0.178 e. The van der Waals surface area contributed by atoms with Gasteiger partial charge in [0.2, 0.25) is 0 Å². The van der Waals surface area contributed by atoms with Gasteiger partial charge in [0.05, 0.1) is 10.6 Å². The zero-order valence-corrected chi connectivity index (χ0v) is 11.5. The Balaban J connectivity index is 2.28. The van der Waals surface area contributed by atoms with E-state index >= 15 is 0 Å². The van der Waals surface area contributed by atoms with E-state index in [1.54, 1.807) is 6.07 Å². The molecule has 1 aliphatic rings. The molecule has 4 heteroatoms. The minimum Gasteiger partial charge on any atom is -0.396 e. The van der Waals surface area contributed by atoms with Crippen molar-refractivity contribution in [2.75, 3.05) is 12.4 Å². The van der Waals surface area contributed by atoms with Crippen LogP contribution in [-0.2, 0) is 22.7 Å². The third kappa shape index (κ3) is 2.75. The third-order valence-corrected chi connectivity index (χ3v) is 5.57. The first-order valence-electron chi connectivity index (χ1n) is 6.52. The van der Waals surface area contributed by atoms with Crippen molar-refractivity contribution in [2.24, 2.45) is 5.92 Å². The zero-order chi connectivity index (χ0) is 13.2. The van der Waals surface area contributed by atoms with E-state index in [-0.39, 0.29) is 18.3 Å². The van der Waals surface area contributed by atoms with Crippen molar-refractivity contribution in [3.63, 3.8) is 0 Å². The lowest BCUT2D eigenvalue weighted by molar-refractivity contribution is 0.222. The van der Waals surface area contributed by atoms with Crippen LogP contribution in [0.5, 0.6) is 0 Å². The van der Waals surface area contributed by atoms with Gasteiger partial charge in [0.15, 0.2) is 9.84 Å². The molecule has 1 heterocycles. The second-order valence-electron chi connectivity index (χ2n) is 5.03. The van der Waals surface area contributed by atoms with Gasteiger partial charge in [-0.2, -0.15) is 0 Å². The first kappa shape index (κ1) is 13.6. The Morgan fingerprint density at radius 2 is 2.17 bits per heavy atom. The molecule has 0 spiro atoms. The molecule has 0 amide bonds. The number of hydrogen-bond acceptors (Lipinski definition) is 3. The van der Waals surface area contributed by atoms with Crippen LogP contribution < -0.4 is 0 Å². The van der Waals surface area contributed by atoms with Crippen molar-refractivity contribution in [2.45, 2.75) is 37.5 Å². The highest BCUT2D eigenvalue weighted by Crippen LogP contribution is 2.26. The van der Waals surface area contributed by atoms with E-state index in [0.29, 0.717) is 4.90 Å². The highest BCUT2D eigenvalue weighted by Gasteiger charge is 2.23. The Hall–Kier alpha value is -0.870. The maximum atomic E-state index is 11.9. The number of benzene rings is 1. The molecule has 2 rings (SSSR count). The standard InChI is InChI=1S/C14H20O3S/c1-2-11(10-15)8-12-5-6-14-13(9-12)4-3-7-18(14,16)17/h5-6,9,11,15H,2-4,7-8,10H2,1H3. The van der Waals surface area contributed by atoms with Crippen LogP contribution >= 0.6 is 0 Å². The summed E-state index contributed by atoms with van der Waals surface area (Å²) in [6.45, 7) is 2.25. The highest BCUT2D eigenvalue weighted by molar-refractivity contribution is 7.91. The molecule has 1 atom stereocenters. The lowest BCUT2D eigenvalue weighted by Gasteiger charge is -2.18. The average molecular weight is 268 g/mol. The van der Waals surface area contributed by atoms with Crippen molar-refractivity contribution in [1.82, 2.24) is 0 Å². The van der Waals surface area contributed by atoms with Crippen molar-refractivity contribution >= 4 is 9.84 Å². The van der Waals surface area contributed by atoms with Crippen LogP contribution in [0.1, 0.15) is 30.9 Å². The van der Waals surface area contributed by atoms with Crippen LogP contribution in [0.4, 0.5) is 0 Å².